The molecule has 21 heavy (non-hydrogen) atoms. The van der Waals surface area contributed by atoms with Crippen molar-refractivity contribution in [3.8, 4) is 16.8 Å². The van der Waals surface area contributed by atoms with Gasteiger partial charge in [0.05, 0.1) is 17.4 Å². The van der Waals surface area contributed by atoms with Gasteiger partial charge in [-0.1, -0.05) is 41.9 Å². The van der Waals surface area contributed by atoms with Gasteiger partial charge in [0.2, 0.25) is 0 Å². The third kappa shape index (κ3) is 2.30. The fourth-order valence-corrected chi connectivity index (χ4v) is 2.39. The van der Waals surface area contributed by atoms with E-state index in [9.17, 15) is 9.59 Å². The lowest BCUT2D eigenvalue weighted by Gasteiger charge is -2.07. The van der Waals surface area contributed by atoms with E-state index in [2.05, 4.69) is 10.1 Å². The lowest BCUT2D eigenvalue weighted by atomic mass is 10.1. The number of H-pyrrole nitrogens is 1. The third-order valence-corrected chi connectivity index (χ3v) is 3.35. The molecule has 0 bridgehead atoms. The van der Waals surface area contributed by atoms with Gasteiger partial charge in [-0.05, 0) is 5.56 Å². The summed E-state index contributed by atoms with van der Waals surface area (Å²) < 4.78 is 2.53. The Kier molecular flexibility index (Phi) is 3.23. The van der Waals surface area contributed by atoms with Crippen LogP contribution in [0, 0.1) is 0 Å². The van der Waals surface area contributed by atoms with E-state index in [0.717, 1.165) is 4.57 Å². The van der Waals surface area contributed by atoms with Gasteiger partial charge in [0.25, 0.3) is 5.56 Å². The average molecular weight is 303 g/mol. The molecule has 1 N–H and O–H groups in total. The Balaban J connectivity index is 2.34. The lowest BCUT2D eigenvalue weighted by Crippen LogP contribution is -2.34. The van der Waals surface area contributed by atoms with Crippen molar-refractivity contribution in [3.05, 3.63) is 68.7 Å². The van der Waals surface area contributed by atoms with Crippen LogP contribution in [0.25, 0.3) is 16.8 Å². The first kappa shape index (κ1) is 13.4. The summed E-state index contributed by atoms with van der Waals surface area (Å²) in [6.07, 6.45) is 3.03. The molecule has 2 heterocycles. The minimum Gasteiger partial charge on any atom is -0.297 e. The molecule has 0 atom stereocenters. The summed E-state index contributed by atoms with van der Waals surface area (Å²) in [7, 11) is 1.71. The number of aromatic amines is 1. The van der Waals surface area contributed by atoms with E-state index in [0.29, 0.717) is 11.3 Å². The van der Waals surface area contributed by atoms with E-state index in [1.807, 2.05) is 6.07 Å². The quantitative estimate of drug-likeness (QED) is 0.731. The molecular weight excluding hydrogens is 292 g/mol. The molecule has 3 aromatic rings. The molecular formula is C14H11ClN4O2. The highest BCUT2D eigenvalue weighted by molar-refractivity contribution is 6.32. The number of nitrogens with one attached hydrogen (secondary N) is 1. The Hall–Kier alpha value is -2.60. The summed E-state index contributed by atoms with van der Waals surface area (Å²) in [6.45, 7) is 0. The van der Waals surface area contributed by atoms with Gasteiger partial charge in [-0.15, -0.1) is 0 Å². The molecule has 7 heteroatoms. The largest absolute Gasteiger partial charge is 0.334 e. The first-order valence-corrected chi connectivity index (χ1v) is 6.55. The van der Waals surface area contributed by atoms with Crippen molar-refractivity contribution in [1.29, 1.82) is 0 Å². The van der Waals surface area contributed by atoms with Crippen molar-refractivity contribution in [1.82, 2.24) is 19.3 Å². The molecule has 0 radical (unpaired) electrons. The SMILES string of the molecule is Cn1cc(-n2c(=O)[nH]c(Cl)c(-c3ccccc3)c2=O)cn1. The number of rotatable bonds is 2. The van der Waals surface area contributed by atoms with Gasteiger partial charge in [-0.2, -0.15) is 5.10 Å². The second-order valence-corrected chi connectivity index (χ2v) is 4.88. The second-order valence-electron chi connectivity index (χ2n) is 4.50. The molecule has 6 nitrogen and oxygen atoms in total. The summed E-state index contributed by atoms with van der Waals surface area (Å²) >= 11 is 6.04. The summed E-state index contributed by atoms with van der Waals surface area (Å²) in [4.78, 5) is 27.2. The topological polar surface area (TPSA) is 72.7 Å². The Morgan fingerprint density at radius 1 is 1.19 bits per heavy atom. The van der Waals surface area contributed by atoms with E-state index in [1.54, 1.807) is 37.5 Å². The van der Waals surface area contributed by atoms with E-state index < -0.39 is 11.2 Å². The van der Waals surface area contributed by atoms with Gasteiger partial charge in [0.15, 0.2) is 0 Å². The number of nitrogens with zero attached hydrogens (tertiary/aromatic N) is 3. The summed E-state index contributed by atoms with van der Waals surface area (Å²) in [5, 5.41) is 4.00. The van der Waals surface area contributed by atoms with Crippen molar-refractivity contribution in [2.24, 2.45) is 7.05 Å². The van der Waals surface area contributed by atoms with E-state index >= 15 is 0 Å². The summed E-state index contributed by atoms with van der Waals surface area (Å²) in [6, 6.07) is 8.95. The molecule has 0 amide bonds. The van der Waals surface area contributed by atoms with Crippen molar-refractivity contribution in [2.75, 3.05) is 0 Å². The van der Waals surface area contributed by atoms with Crippen LogP contribution in [0.15, 0.2) is 52.3 Å². The minimum absolute atomic E-state index is 0.0244. The molecule has 106 valence electrons. The zero-order valence-corrected chi connectivity index (χ0v) is 11.8. The molecule has 2 aromatic heterocycles. The molecule has 0 saturated carbocycles. The average Bonchev–Trinajstić information content (AvgIpc) is 2.85. The zero-order chi connectivity index (χ0) is 15.0. The summed E-state index contributed by atoms with van der Waals surface area (Å²) in [5.74, 6) is 0. The van der Waals surface area contributed by atoms with Crippen LogP contribution in [-0.2, 0) is 7.05 Å². The van der Waals surface area contributed by atoms with Crippen LogP contribution in [0.4, 0.5) is 0 Å². The van der Waals surface area contributed by atoms with Gasteiger partial charge in [-0.3, -0.25) is 14.5 Å². The molecule has 0 aliphatic rings. The van der Waals surface area contributed by atoms with Crippen molar-refractivity contribution >= 4 is 11.6 Å². The van der Waals surface area contributed by atoms with E-state index in [-0.39, 0.29) is 10.7 Å². The Bertz CT molecular complexity index is 909. The number of aryl methyl sites for hydroxylation is 1. The van der Waals surface area contributed by atoms with Gasteiger partial charge < -0.3 is 0 Å². The number of hydrogen-bond acceptors (Lipinski definition) is 3. The van der Waals surface area contributed by atoms with Crippen molar-refractivity contribution in [2.45, 2.75) is 0 Å². The Labute approximate surface area is 124 Å². The molecule has 0 fully saturated rings. The maximum absolute atomic E-state index is 12.6. The van der Waals surface area contributed by atoms with Crippen LogP contribution >= 0.6 is 11.6 Å². The van der Waals surface area contributed by atoms with Crippen LogP contribution in [0.5, 0.6) is 0 Å². The monoisotopic (exact) mass is 302 g/mol. The highest BCUT2D eigenvalue weighted by Gasteiger charge is 2.16. The van der Waals surface area contributed by atoms with Crippen LogP contribution in [0.2, 0.25) is 5.15 Å². The molecule has 0 aliphatic carbocycles. The second kappa shape index (κ2) is 5.06. The molecule has 0 spiro atoms. The summed E-state index contributed by atoms with van der Waals surface area (Å²) in [5.41, 5.74) is 0.195. The van der Waals surface area contributed by atoms with Crippen LogP contribution in [0.1, 0.15) is 0 Å². The molecule has 0 unspecified atom stereocenters. The molecule has 0 saturated heterocycles. The first-order valence-electron chi connectivity index (χ1n) is 6.17. The standard InChI is InChI=1S/C14H11ClN4O2/c1-18-8-10(7-16-18)19-13(20)11(12(15)17-14(19)21)9-5-3-2-4-6-9/h2-8H,1H3,(H,17,21). The normalized spacial score (nSPS) is 10.8. The Morgan fingerprint density at radius 3 is 2.52 bits per heavy atom. The molecule has 1 aromatic carbocycles. The van der Waals surface area contributed by atoms with Crippen LogP contribution in [0.3, 0.4) is 0 Å². The number of benzene rings is 1. The minimum atomic E-state index is -0.599. The highest BCUT2D eigenvalue weighted by atomic mass is 35.5. The molecule has 0 aliphatic heterocycles. The third-order valence-electron chi connectivity index (χ3n) is 3.07. The fourth-order valence-electron chi connectivity index (χ4n) is 2.12. The van der Waals surface area contributed by atoms with E-state index in [1.165, 1.54) is 10.9 Å². The number of halogens is 1. The predicted octanol–water partition coefficient (Wildman–Crippen LogP) is 1.58. The zero-order valence-electron chi connectivity index (χ0n) is 11.1. The smallest absolute Gasteiger partial charge is 0.297 e. The van der Waals surface area contributed by atoms with Crippen LogP contribution in [-0.4, -0.2) is 19.3 Å². The fraction of sp³-hybridized carbons (Fsp3) is 0.0714. The van der Waals surface area contributed by atoms with Gasteiger partial charge in [-0.25, -0.2) is 9.36 Å². The first-order chi connectivity index (χ1) is 10.1. The highest BCUT2D eigenvalue weighted by Crippen LogP contribution is 2.21. The van der Waals surface area contributed by atoms with Crippen molar-refractivity contribution in [3.63, 3.8) is 0 Å². The van der Waals surface area contributed by atoms with Gasteiger partial charge in [0, 0.05) is 13.2 Å². The maximum Gasteiger partial charge on any atom is 0.334 e. The maximum atomic E-state index is 12.6. The lowest BCUT2D eigenvalue weighted by molar-refractivity contribution is 0.766. The number of aromatic nitrogens is 4. The van der Waals surface area contributed by atoms with Gasteiger partial charge >= 0.3 is 5.69 Å². The Morgan fingerprint density at radius 2 is 1.90 bits per heavy atom. The number of hydrogen-bond donors (Lipinski definition) is 1. The molecule has 3 rings (SSSR count). The van der Waals surface area contributed by atoms with E-state index in [4.69, 9.17) is 11.6 Å². The predicted molar refractivity (Wildman–Crippen MR) is 79.9 cm³/mol. The van der Waals surface area contributed by atoms with Crippen LogP contribution < -0.4 is 11.2 Å². The van der Waals surface area contributed by atoms with Gasteiger partial charge in [0.1, 0.15) is 5.15 Å². The van der Waals surface area contributed by atoms with Crippen molar-refractivity contribution < 1.29 is 0 Å².